The first-order chi connectivity index (χ1) is 11.6. The topological polar surface area (TPSA) is 95.1 Å². The lowest BCUT2D eigenvalue weighted by Gasteiger charge is -2.20. The molecule has 0 aliphatic heterocycles. The van der Waals surface area contributed by atoms with Crippen LogP contribution in [0.1, 0.15) is 59.6 Å². The third kappa shape index (κ3) is 4.33. The van der Waals surface area contributed by atoms with Gasteiger partial charge in [-0.2, -0.15) is 5.10 Å². The maximum absolute atomic E-state index is 12.3. The van der Waals surface area contributed by atoms with Crippen LogP contribution in [0.2, 0.25) is 0 Å². The molecule has 2 rings (SSSR count). The molecule has 3 N–H and O–H groups in total. The van der Waals surface area contributed by atoms with Crippen LogP contribution in [0, 0.1) is 13.8 Å². The average Bonchev–Trinajstić information content (AvgIpc) is 2.55. The third-order valence-electron chi connectivity index (χ3n) is 4.31. The highest BCUT2D eigenvalue weighted by molar-refractivity contribution is 5.95. The van der Waals surface area contributed by atoms with Gasteiger partial charge in [-0.15, -0.1) is 0 Å². The second-order valence-electron chi connectivity index (χ2n) is 7.24. The second-order valence-corrected chi connectivity index (χ2v) is 7.24. The van der Waals surface area contributed by atoms with Gasteiger partial charge in [0, 0.05) is 6.54 Å². The van der Waals surface area contributed by atoms with Crippen LogP contribution in [0.4, 0.5) is 0 Å². The Labute approximate surface area is 147 Å². The van der Waals surface area contributed by atoms with E-state index >= 15 is 0 Å². The maximum Gasteiger partial charge on any atom is 0.277 e. The third-order valence-corrected chi connectivity index (χ3v) is 4.31. The van der Waals surface area contributed by atoms with Gasteiger partial charge in [-0.25, -0.2) is 5.10 Å². The quantitative estimate of drug-likeness (QED) is 0.793. The first-order valence-corrected chi connectivity index (χ1v) is 8.24. The lowest BCUT2D eigenvalue weighted by molar-refractivity contribution is 0.0913. The van der Waals surface area contributed by atoms with E-state index in [1.54, 1.807) is 13.8 Å². The van der Waals surface area contributed by atoms with E-state index in [9.17, 15) is 14.7 Å². The molecule has 6 heteroatoms. The molecule has 0 bridgehead atoms. The number of hydrogen-bond donors (Lipinski definition) is 3. The molecule has 2 aromatic rings. The Morgan fingerprint density at radius 3 is 2.40 bits per heavy atom. The zero-order valence-corrected chi connectivity index (χ0v) is 15.3. The van der Waals surface area contributed by atoms with Gasteiger partial charge >= 0.3 is 0 Å². The van der Waals surface area contributed by atoms with E-state index in [2.05, 4.69) is 36.3 Å². The molecule has 0 aliphatic carbocycles. The van der Waals surface area contributed by atoms with E-state index in [1.165, 1.54) is 5.56 Å². The summed E-state index contributed by atoms with van der Waals surface area (Å²) in [5.74, 6) is -0.519. The van der Waals surface area contributed by atoms with Gasteiger partial charge in [0.15, 0.2) is 0 Å². The minimum atomic E-state index is -0.847. The zero-order chi connectivity index (χ0) is 18.8. The Morgan fingerprint density at radius 1 is 1.24 bits per heavy atom. The number of rotatable bonds is 4. The van der Waals surface area contributed by atoms with Crippen LogP contribution in [-0.2, 0) is 5.41 Å². The summed E-state index contributed by atoms with van der Waals surface area (Å²) in [6.07, 6.45) is -0.847. The van der Waals surface area contributed by atoms with Crippen molar-refractivity contribution in [1.29, 1.82) is 0 Å². The van der Waals surface area contributed by atoms with Gasteiger partial charge in [-0.05, 0) is 36.0 Å². The Hall–Kier alpha value is -2.47. The van der Waals surface area contributed by atoms with Crippen molar-refractivity contribution in [3.63, 3.8) is 0 Å². The molecular formula is C19H25N3O3. The zero-order valence-electron chi connectivity index (χ0n) is 15.3. The molecule has 1 atom stereocenters. The van der Waals surface area contributed by atoms with Gasteiger partial charge in [0.25, 0.3) is 11.5 Å². The summed E-state index contributed by atoms with van der Waals surface area (Å²) in [6.45, 7) is 9.77. The number of carbonyl (C=O) groups excluding carboxylic acids is 1. The molecule has 0 radical (unpaired) electrons. The van der Waals surface area contributed by atoms with Gasteiger partial charge in [-0.3, -0.25) is 9.59 Å². The van der Waals surface area contributed by atoms with Crippen LogP contribution >= 0.6 is 0 Å². The molecule has 134 valence electrons. The van der Waals surface area contributed by atoms with Crippen molar-refractivity contribution in [3.05, 3.63) is 62.6 Å². The maximum atomic E-state index is 12.3. The molecule has 0 saturated heterocycles. The fourth-order valence-electron chi connectivity index (χ4n) is 2.50. The molecule has 0 aliphatic rings. The summed E-state index contributed by atoms with van der Waals surface area (Å²) < 4.78 is 0. The van der Waals surface area contributed by atoms with E-state index in [0.717, 1.165) is 0 Å². The van der Waals surface area contributed by atoms with Crippen molar-refractivity contribution in [2.75, 3.05) is 6.54 Å². The van der Waals surface area contributed by atoms with Crippen molar-refractivity contribution in [1.82, 2.24) is 15.5 Å². The number of carbonyl (C=O) groups is 1. The highest BCUT2D eigenvalue weighted by Crippen LogP contribution is 2.23. The number of nitrogens with one attached hydrogen (secondary N) is 2. The number of aromatic nitrogens is 2. The van der Waals surface area contributed by atoms with E-state index in [1.807, 2.05) is 24.3 Å². The van der Waals surface area contributed by atoms with Crippen LogP contribution in [0.3, 0.4) is 0 Å². The summed E-state index contributed by atoms with van der Waals surface area (Å²) >= 11 is 0. The van der Waals surface area contributed by atoms with E-state index < -0.39 is 17.6 Å². The molecule has 0 saturated carbocycles. The van der Waals surface area contributed by atoms with Gasteiger partial charge in [-0.1, -0.05) is 45.0 Å². The molecule has 1 aromatic carbocycles. The number of aryl methyl sites for hydroxylation is 1. The Kier molecular flexibility index (Phi) is 5.42. The van der Waals surface area contributed by atoms with Crippen LogP contribution in [0.25, 0.3) is 0 Å². The molecule has 0 fully saturated rings. The van der Waals surface area contributed by atoms with Crippen LogP contribution in [-0.4, -0.2) is 27.8 Å². The Balaban J connectivity index is 2.07. The van der Waals surface area contributed by atoms with Gasteiger partial charge in [0.05, 0.1) is 11.8 Å². The molecular weight excluding hydrogens is 318 g/mol. The molecule has 1 amide bonds. The number of nitrogens with zero attached hydrogens (tertiary/aromatic N) is 1. The van der Waals surface area contributed by atoms with E-state index in [0.29, 0.717) is 16.8 Å². The summed E-state index contributed by atoms with van der Waals surface area (Å²) in [7, 11) is 0. The molecule has 0 spiro atoms. The molecule has 0 unspecified atom stereocenters. The number of amides is 1. The van der Waals surface area contributed by atoms with Crippen molar-refractivity contribution in [2.24, 2.45) is 0 Å². The predicted molar refractivity (Wildman–Crippen MR) is 96.8 cm³/mol. The van der Waals surface area contributed by atoms with Crippen molar-refractivity contribution >= 4 is 5.91 Å². The fraction of sp³-hybridized carbons (Fsp3) is 0.421. The molecule has 25 heavy (non-hydrogen) atoms. The van der Waals surface area contributed by atoms with Gasteiger partial charge in [0.1, 0.15) is 5.56 Å². The first-order valence-electron chi connectivity index (χ1n) is 8.24. The van der Waals surface area contributed by atoms with Crippen molar-refractivity contribution < 1.29 is 9.90 Å². The molecule has 1 heterocycles. The number of aliphatic hydroxyl groups is 1. The highest BCUT2D eigenvalue weighted by Gasteiger charge is 2.18. The van der Waals surface area contributed by atoms with Gasteiger partial charge in [0.2, 0.25) is 0 Å². The summed E-state index contributed by atoms with van der Waals surface area (Å²) in [6, 6.07) is 7.65. The second kappa shape index (κ2) is 7.19. The number of aromatic amines is 1. The molecule has 6 nitrogen and oxygen atoms in total. The number of benzene rings is 1. The Morgan fingerprint density at radius 2 is 1.84 bits per heavy atom. The van der Waals surface area contributed by atoms with Crippen LogP contribution in [0.5, 0.6) is 0 Å². The standard InChI is InChI=1S/C19H25N3O3/c1-11-12(2)21-22-18(25)16(11)17(24)20-10-15(23)13-6-8-14(9-7-13)19(3,4)5/h6-9,15,23H,10H2,1-5H3,(H,20,24)(H,22,25)/t15-/m0/s1. The average molecular weight is 343 g/mol. The minimum absolute atomic E-state index is 0.0218. The lowest BCUT2D eigenvalue weighted by Crippen LogP contribution is -2.34. The van der Waals surface area contributed by atoms with E-state index in [4.69, 9.17) is 0 Å². The highest BCUT2D eigenvalue weighted by atomic mass is 16.3. The predicted octanol–water partition coefficient (Wildman–Crippen LogP) is 2.15. The van der Waals surface area contributed by atoms with Crippen LogP contribution < -0.4 is 10.9 Å². The minimum Gasteiger partial charge on any atom is -0.387 e. The SMILES string of the molecule is Cc1n[nH]c(=O)c(C(=O)NC[C@H](O)c2ccc(C(C)(C)C)cc2)c1C. The summed E-state index contributed by atoms with van der Waals surface area (Å²) in [4.78, 5) is 24.1. The van der Waals surface area contributed by atoms with E-state index in [-0.39, 0.29) is 17.5 Å². The fourth-order valence-corrected chi connectivity index (χ4v) is 2.50. The first kappa shape index (κ1) is 18.9. The lowest BCUT2D eigenvalue weighted by atomic mass is 9.86. The number of H-pyrrole nitrogens is 1. The largest absolute Gasteiger partial charge is 0.387 e. The number of hydrogen-bond acceptors (Lipinski definition) is 4. The summed E-state index contributed by atoms with van der Waals surface area (Å²) in [5.41, 5.74) is 2.53. The number of aliphatic hydroxyl groups excluding tert-OH is 1. The monoisotopic (exact) mass is 343 g/mol. The van der Waals surface area contributed by atoms with Crippen molar-refractivity contribution in [2.45, 2.75) is 46.1 Å². The van der Waals surface area contributed by atoms with Crippen LogP contribution in [0.15, 0.2) is 29.1 Å². The normalized spacial score (nSPS) is 12.7. The van der Waals surface area contributed by atoms with Gasteiger partial charge < -0.3 is 10.4 Å². The smallest absolute Gasteiger partial charge is 0.277 e. The Bertz CT molecular complexity index is 817. The summed E-state index contributed by atoms with van der Waals surface area (Å²) in [5, 5.41) is 19.0. The van der Waals surface area contributed by atoms with Crippen molar-refractivity contribution in [3.8, 4) is 0 Å². The molecule has 1 aromatic heterocycles.